The van der Waals surface area contributed by atoms with E-state index in [1.165, 1.54) is 0 Å². The molecule has 2 rings (SSSR count). The zero-order valence-corrected chi connectivity index (χ0v) is 16.4. The van der Waals surface area contributed by atoms with Gasteiger partial charge in [-0.15, -0.1) is 0 Å². The van der Waals surface area contributed by atoms with Crippen LogP contribution in [0.4, 0.5) is 0 Å². The van der Waals surface area contributed by atoms with Crippen LogP contribution < -0.4 is 0 Å². The summed E-state index contributed by atoms with van der Waals surface area (Å²) in [6.07, 6.45) is -2.45. The highest BCUT2D eigenvalue weighted by molar-refractivity contribution is 6.74. The quantitative estimate of drug-likeness (QED) is 0.325. The molecule has 0 unspecified atom stereocenters. The lowest BCUT2D eigenvalue weighted by molar-refractivity contribution is -0.206. The molecule has 2 fully saturated rings. The fraction of sp³-hybridized carbons (Fsp3) is 0.933. The van der Waals surface area contributed by atoms with Crippen LogP contribution in [0.5, 0.6) is 0 Å². The first-order chi connectivity index (χ1) is 10.9. The molecule has 9 heteroatoms. The second kappa shape index (κ2) is 6.40. The average Bonchev–Trinajstić information content (AvgIpc) is 2.87. The summed E-state index contributed by atoms with van der Waals surface area (Å²) in [5, 5.41) is 3.74. The van der Waals surface area contributed by atoms with Crippen LogP contribution in [0.2, 0.25) is 18.1 Å². The Morgan fingerprint density at radius 2 is 2.00 bits per heavy atom. The first kappa shape index (κ1) is 19.4. The molecule has 2 aliphatic rings. The molecule has 24 heavy (non-hydrogen) atoms. The van der Waals surface area contributed by atoms with Crippen LogP contribution in [0, 0.1) is 0 Å². The van der Waals surface area contributed by atoms with Crippen molar-refractivity contribution < 1.29 is 23.4 Å². The Morgan fingerprint density at radius 1 is 1.38 bits per heavy atom. The van der Waals surface area contributed by atoms with Crippen LogP contribution in [-0.2, 0) is 23.4 Å². The molecule has 2 heterocycles. The predicted octanol–water partition coefficient (Wildman–Crippen LogP) is 3.13. The van der Waals surface area contributed by atoms with E-state index in [-0.39, 0.29) is 17.4 Å². The fourth-order valence-corrected chi connectivity index (χ4v) is 3.45. The number of hydrogen-bond donors (Lipinski definition) is 0. The van der Waals surface area contributed by atoms with Crippen LogP contribution in [-0.4, -0.2) is 51.0 Å². The molecular weight excluding hydrogens is 330 g/mol. The summed E-state index contributed by atoms with van der Waals surface area (Å²) in [6.45, 7) is 14.1. The summed E-state index contributed by atoms with van der Waals surface area (Å²) < 4.78 is 22.9. The topological polar surface area (TPSA) is 103 Å². The standard InChI is InChI=1S/C15H27N3O5Si/c1-14(2,3)24(6,7)20-8-9(17-18-16)11-10(19)12-13(21-11)23-15(4,5)22-12/h9,11-13H,8H2,1-7H3/t9-,11-,12-,13-/m1/s1. The van der Waals surface area contributed by atoms with Gasteiger partial charge >= 0.3 is 0 Å². The number of carbonyl (C=O) groups is 1. The van der Waals surface area contributed by atoms with Gasteiger partial charge < -0.3 is 18.6 Å². The maximum absolute atomic E-state index is 12.6. The van der Waals surface area contributed by atoms with Gasteiger partial charge in [-0.2, -0.15) is 0 Å². The second-order valence-electron chi connectivity index (χ2n) is 8.23. The number of nitrogens with zero attached hydrogens (tertiary/aromatic N) is 3. The van der Waals surface area contributed by atoms with E-state index in [4.69, 9.17) is 24.2 Å². The summed E-state index contributed by atoms with van der Waals surface area (Å²) >= 11 is 0. The Morgan fingerprint density at radius 3 is 2.50 bits per heavy atom. The van der Waals surface area contributed by atoms with Crippen molar-refractivity contribution in [3.05, 3.63) is 10.4 Å². The zero-order valence-electron chi connectivity index (χ0n) is 15.4. The first-order valence-corrected chi connectivity index (χ1v) is 11.0. The molecule has 0 aromatic rings. The molecule has 0 amide bonds. The lowest BCUT2D eigenvalue weighted by Crippen LogP contribution is -2.45. The van der Waals surface area contributed by atoms with E-state index in [2.05, 4.69) is 43.9 Å². The van der Waals surface area contributed by atoms with E-state index in [1.807, 2.05) is 0 Å². The Balaban J connectivity index is 2.08. The molecule has 136 valence electrons. The lowest BCUT2D eigenvalue weighted by atomic mass is 10.1. The van der Waals surface area contributed by atoms with Crippen LogP contribution in [0.15, 0.2) is 5.11 Å². The first-order valence-electron chi connectivity index (χ1n) is 8.11. The third kappa shape index (κ3) is 3.82. The average molecular weight is 357 g/mol. The lowest BCUT2D eigenvalue weighted by Gasteiger charge is -2.37. The van der Waals surface area contributed by atoms with Crippen molar-refractivity contribution in [1.29, 1.82) is 0 Å². The van der Waals surface area contributed by atoms with Crippen molar-refractivity contribution in [1.82, 2.24) is 0 Å². The number of fused-ring (bicyclic) bond motifs is 1. The largest absolute Gasteiger partial charge is 0.416 e. The van der Waals surface area contributed by atoms with Gasteiger partial charge in [0.15, 0.2) is 32.3 Å². The molecule has 0 saturated carbocycles. The van der Waals surface area contributed by atoms with E-state index < -0.39 is 38.6 Å². The van der Waals surface area contributed by atoms with Gasteiger partial charge in [0, 0.05) is 11.5 Å². The van der Waals surface area contributed by atoms with Crippen molar-refractivity contribution in [2.75, 3.05) is 6.61 Å². The normalized spacial score (nSPS) is 30.8. The molecule has 0 bridgehead atoms. The number of hydrogen-bond acceptors (Lipinski definition) is 6. The molecule has 2 saturated heterocycles. The predicted molar refractivity (Wildman–Crippen MR) is 89.8 cm³/mol. The minimum absolute atomic E-state index is 0.0151. The fourth-order valence-electron chi connectivity index (χ4n) is 2.43. The van der Waals surface area contributed by atoms with Crippen molar-refractivity contribution >= 4 is 14.1 Å². The van der Waals surface area contributed by atoms with E-state index in [9.17, 15) is 4.79 Å². The number of carbonyl (C=O) groups excluding carboxylic acids is 1. The van der Waals surface area contributed by atoms with Gasteiger partial charge in [0.05, 0.1) is 6.04 Å². The molecule has 8 nitrogen and oxygen atoms in total. The maximum Gasteiger partial charge on any atom is 0.196 e. The van der Waals surface area contributed by atoms with Gasteiger partial charge in [0.25, 0.3) is 0 Å². The molecule has 0 aromatic carbocycles. The summed E-state index contributed by atoms with van der Waals surface area (Å²) in [4.78, 5) is 15.4. The van der Waals surface area contributed by atoms with Crippen molar-refractivity contribution in [2.45, 2.75) is 83.1 Å². The molecule has 0 aromatic heterocycles. The highest BCUT2D eigenvalue weighted by Gasteiger charge is 2.56. The molecule has 4 atom stereocenters. The van der Waals surface area contributed by atoms with E-state index in [0.29, 0.717) is 0 Å². The number of ketones is 1. The van der Waals surface area contributed by atoms with Crippen LogP contribution >= 0.6 is 0 Å². The number of azide groups is 1. The van der Waals surface area contributed by atoms with Gasteiger partial charge in [-0.25, -0.2) is 0 Å². The molecule has 0 N–H and O–H groups in total. The second-order valence-corrected chi connectivity index (χ2v) is 13.0. The highest BCUT2D eigenvalue weighted by atomic mass is 28.4. The number of rotatable bonds is 5. The highest BCUT2D eigenvalue weighted by Crippen LogP contribution is 2.39. The van der Waals surface area contributed by atoms with Crippen LogP contribution in [0.25, 0.3) is 10.4 Å². The van der Waals surface area contributed by atoms with E-state index in [1.54, 1.807) is 13.8 Å². The third-order valence-corrected chi connectivity index (χ3v) is 9.37. The monoisotopic (exact) mass is 357 g/mol. The molecular formula is C15H27N3O5Si. The van der Waals surface area contributed by atoms with Crippen molar-refractivity contribution in [3.63, 3.8) is 0 Å². The van der Waals surface area contributed by atoms with Gasteiger partial charge in [-0.3, -0.25) is 4.79 Å². The van der Waals surface area contributed by atoms with Gasteiger partial charge in [-0.1, -0.05) is 25.9 Å². The molecule has 0 aliphatic carbocycles. The van der Waals surface area contributed by atoms with Gasteiger partial charge in [0.2, 0.25) is 0 Å². The minimum atomic E-state index is -2.03. The summed E-state index contributed by atoms with van der Waals surface area (Å²) in [5.41, 5.74) is 8.84. The Labute approximate surface area is 143 Å². The van der Waals surface area contributed by atoms with Gasteiger partial charge in [0.1, 0.15) is 6.10 Å². The molecule has 2 aliphatic heterocycles. The Bertz CT molecular complexity index is 554. The third-order valence-electron chi connectivity index (χ3n) is 4.87. The van der Waals surface area contributed by atoms with E-state index in [0.717, 1.165) is 0 Å². The SMILES string of the molecule is CC1(C)O[C@H]2O[C@H]([C@@H](CO[Si](C)(C)C(C)(C)C)N=[N+]=[N-])C(=O)[C@H]2O1. The van der Waals surface area contributed by atoms with Crippen LogP contribution in [0.3, 0.4) is 0 Å². The number of ether oxygens (including phenoxy) is 3. The van der Waals surface area contributed by atoms with Crippen molar-refractivity contribution in [3.8, 4) is 0 Å². The summed E-state index contributed by atoms with van der Waals surface area (Å²) in [7, 11) is -2.03. The molecule has 0 radical (unpaired) electrons. The molecule has 0 spiro atoms. The smallest absolute Gasteiger partial charge is 0.196 e. The number of Topliss-reactive ketones (excluding diaryl/α,β-unsaturated/α-hetero) is 1. The Kier molecular flexibility index (Phi) is 5.16. The summed E-state index contributed by atoms with van der Waals surface area (Å²) in [6, 6.07) is -0.738. The van der Waals surface area contributed by atoms with E-state index >= 15 is 0 Å². The summed E-state index contributed by atoms with van der Waals surface area (Å²) in [5.74, 6) is -1.12. The van der Waals surface area contributed by atoms with Gasteiger partial charge in [-0.05, 0) is 37.5 Å². The maximum atomic E-state index is 12.6. The van der Waals surface area contributed by atoms with Crippen molar-refractivity contribution in [2.24, 2.45) is 5.11 Å². The van der Waals surface area contributed by atoms with Crippen LogP contribution in [0.1, 0.15) is 34.6 Å². The zero-order chi connectivity index (χ0) is 18.3. The Hall–Kier alpha value is -0.963. The minimum Gasteiger partial charge on any atom is -0.416 e.